The van der Waals surface area contributed by atoms with Gasteiger partial charge in [0, 0.05) is 16.6 Å². The van der Waals surface area contributed by atoms with E-state index in [1.165, 1.54) is 6.92 Å². The average Bonchev–Trinajstić information content (AvgIpc) is 2.93. The molecule has 0 bridgehead atoms. The standard InChI is InChI=1S/C20H18N2O4/c1-11-18(13(3)23)12(2)21-19(11)17(24)10-26-20(25)16-9-8-14-6-4-5-7-15(14)22-16/h4-9,21H,10H2,1-3H3. The highest BCUT2D eigenvalue weighted by Gasteiger charge is 2.21. The molecule has 0 aliphatic heterocycles. The molecule has 6 nitrogen and oxygen atoms in total. The minimum absolute atomic E-state index is 0.118. The molecule has 0 aliphatic carbocycles. The lowest BCUT2D eigenvalue weighted by molar-refractivity contribution is 0.0468. The first-order chi connectivity index (χ1) is 12.4. The van der Waals surface area contributed by atoms with E-state index in [1.54, 1.807) is 32.0 Å². The van der Waals surface area contributed by atoms with Crippen LogP contribution in [0.25, 0.3) is 10.9 Å². The highest BCUT2D eigenvalue weighted by molar-refractivity contribution is 6.04. The van der Waals surface area contributed by atoms with Gasteiger partial charge in [-0.25, -0.2) is 9.78 Å². The smallest absolute Gasteiger partial charge is 0.357 e. The van der Waals surface area contributed by atoms with Crippen LogP contribution >= 0.6 is 0 Å². The number of fused-ring (bicyclic) bond motifs is 1. The van der Waals surface area contributed by atoms with Gasteiger partial charge in [0.05, 0.1) is 11.2 Å². The Bertz CT molecular complexity index is 1030. The average molecular weight is 350 g/mol. The van der Waals surface area contributed by atoms with Crippen LogP contribution in [0.2, 0.25) is 0 Å². The second kappa shape index (κ2) is 6.92. The third kappa shape index (κ3) is 3.26. The predicted molar refractivity (Wildman–Crippen MR) is 96.6 cm³/mol. The second-order valence-electron chi connectivity index (χ2n) is 6.07. The van der Waals surface area contributed by atoms with Gasteiger partial charge < -0.3 is 9.72 Å². The fourth-order valence-electron chi connectivity index (χ4n) is 3.01. The molecule has 0 atom stereocenters. The number of hydrogen-bond donors (Lipinski definition) is 1. The molecule has 26 heavy (non-hydrogen) atoms. The van der Waals surface area contributed by atoms with Crippen LogP contribution in [-0.4, -0.2) is 34.1 Å². The monoisotopic (exact) mass is 350 g/mol. The van der Waals surface area contributed by atoms with E-state index in [9.17, 15) is 14.4 Å². The molecule has 0 radical (unpaired) electrons. The number of nitrogens with zero attached hydrogens (tertiary/aromatic N) is 1. The molecular weight excluding hydrogens is 332 g/mol. The van der Waals surface area contributed by atoms with Crippen LogP contribution in [0, 0.1) is 13.8 Å². The normalized spacial score (nSPS) is 10.7. The summed E-state index contributed by atoms with van der Waals surface area (Å²) in [7, 11) is 0. The third-order valence-corrected chi connectivity index (χ3v) is 4.21. The van der Waals surface area contributed by atoms with Gasteiger partial charge in [-0.05, 0) is 38.5 Å². The van der Waals surface area contributed by atoms with E-state index in [1.807, 2.05) is 18.2 Å². The molecule has 0 aliphatic rings. The number of benzene rings is 1. The lowest BCUT2D eigenvalue weighted by Gasteiger charge is -2.05. The Kier molecular flexibility index (Phi) is 4.67. The van der Waals surface area contributed by atoms with Gasteiger partial charge in [-0.3, -0.25) is 9.59 Å². The van der Waals surface area contributed by atoms with Gasteiger partial charge in [0.2, 0.25) is 5.78 Å². The largest absolute Gasteiger partial charge is 0.452 e. The maximum absolute atomic E-state index is 12.4. The molecule has 0 spiro atoms. The van der Waals surface area contributed by atoms with E-state index in [0.717, 1.165) is 5.39 Å². The Morgan fingerprint density at radius 2 is 1.81 bits per heavy atom. The van der Waals surface area contributed by atoms with Crippen molar-refractivity contribution in [2.45, 2.75) is 20.8 Å². The molecule has 1 N–H and O–H groups in total. The van der Waals surface area contributed by atoms with Gasteiger partial charge in [-0.15, -0.1) is 0 Å². The van der Waals surface area contributed by atoms with Crippen LogP contribution in [0.3, 0.4) is 0 Å². The number of esters is 1. The van der Waals surface area contributed by atoms with Crippen molar-refractivity contribution in [3.05, 3.63) is 64.6 Å². The summed E-state index contributed by atoms with van der Waals surface area (Å²) in [6.07, 6.45) is 0. The molecule has 6 heteroatoms. The number of aromatic amines is 1. The minimum atomic E-state index is -0.670. The Labute approximate surface area is 150 Å². The van der Waals surface area contributed by atoms with Crippen molar-refractivity contribution in [3.8, 4) is 0 Å². The van der Waals surface area contributed by atoms with Crippen molar-refractivity contribution in [2.75, 3.05) is 6.61 Å². The molecule has 2 aromatic heterocycles. The van der Waals surface area contributed by atoms with Crippen molar-refractivity contribution in [2.24, 2.45) is 0 Å². The van der Waals surface area contributed by atoms with E-state index in [0.29, 0.717) is 22.3 Å². The van der Waals surface area contributed by atoms with Crippen molar-refractivity contribution in [1.29, 1.82) is 0 Å². The summed E-state index contributed by atoms with van der Waals surface area (Å²) in [6, 6.07) is 10.7. The topological polar surface area (TPSA) is 89.1 Å². The number of carbonyl (C=O) groups excluding carboxylic acids is 3. The third-order valence-electron chi connectivity index (χ3n) is 4.21. The van der Waals surface area contributed by atoms with E-state index >= 15 is 0 Å². The molecule has 3 rings (SSSR count). The quantitative estimate of drug-likeness (QED) is 0.562. The van der Waals surface area contributed by atoms with E-state index < -0.39 is 18.4 Å². The summed E-state index contributed by atoms with van der Waals surface area (Å²) in [5, 5.41) is 0.911. The number of para-hydroxylation sites is 1. The summed E-state index contributed by atoms with van der Waals surface area (Å²) in [4.78, 5) is 43.4. The van der Waals surface area contributed by atoms with Gasteiger partial charge in [-0.1, -0.05) is 24.3 Å². The number of H-pyrrole nitrogens is 1. The number of nitrogens with one attached hydrogen (secondary N) is 1. The van der Waals surface area contributed by atoms with Gasteiger partial charge >= 0.3 is 5.97 Å². The predicted octanol–water partition coefficient (Wildman–Crippen LogP) is 3.42. The second-order valence-corrected chi connectivity index (χ2v) is 6.07. The first kappa shape index (κ1) is 17.5. The fraction of sp³-hybridized carbons (Fsp3) is 0.200. The molecule has 0 unspecified atom stereocenters. The lowest BCUT2D eigenvalue weighted by Crippen LogP contribution is -2.16. The zero-order valence-corrected chi connectivity index (χ0v) is 14.8. The molecule has 3 aromatic rings. The molecule has 0 saturated carbocycles. The van der Waals surface area contributed by atoms with Crippen LogP contribution < -0.4 is 0 Å². The number of aromatic nitrogens is 2. The fourth-order valence-corrected chi connectivity index (χ4v) is 3.01. The Morgan fingerprint density at radius 3 is 2.50 bits per heavy atom. The number of aryl methyl sites for hydroxylation is 1. The van der Waals surface area contributed by atoms with Crippen LogP contribution in [0.5, 0.6) is 0 Å². The van der Waals surface area contributed by atoms with Gasteiger partial charge in [-0.2, -0.15) is 0 Å². The lowest BCUT2D eigenvalue weighted by atomic mass is 10.1. The van der Waals surface area contributed by atoms with Crippen LogP contribution in [-0.2, 0) is 4.74 Å². The van der Waals surface area contributed by atoms with Crippen LogP contribution in [0.1, 0.15) is 49.5 Å². The molecule has 132 valence electrons. The molecule has 0 amide bonds. The summed E-state index contributed by atoms with van der Waals surface area (Å²) < 4.78 is 5.10. The number of rotatable bonds is 5. The van der Waals surface area contributed by atoms with Crippen LogP contribution in [0.4, 0.5) is 0 Å². The highest BCUT2D eigenvalue weighted by Crippen LogP contribution is 2.19. The summed E-state index contributed by atoms with van der Waals surface area (Å²) in [6.45, 7) is 4.44. The Morgan fingerprint density at radius 1 is 1.08 bits per heavy atom. The van der Waals surface area contributed by atoms with Crippen LogP contribution in [0.15, 0.2) is 36.4 Å². The van der Waals surface area contributed by atoms with E-state index in [4.69, 9.17) is 4.74 Å². The first-order valence-corrected chi connectivity index (χ1v) is 8.14. The van der Waals surface area contributed by atoms with Crippen molar-refractivity contribution < 1.29 is 19.1 Å². The Hall–Kier alpha value is -3.28. The SMILES string of the molecule is CC(=O)c1c(C)[nH]c(C(=O)COC(=O)c2ccc3ccccc3n2)c1C. The number of hydrogen-bond acceptors (Lipinski definition) is 5. The summed E-state index contributed by atoms with van der Waals surface area (Å²) in [5.74, 6) is -1.18. The van der Waals surface area contributed by atoms with Crippen molar-refractivity contribution >= 4 is 28.4 Å². The Balaban J connectivity index is 1.73. The summed E-state index contributed by atoms with van der Waals surface area (Å²) >= 11 is 0. The van der Waals surface area contributed by atoms with E-state index in [-0.39, 0.29) is 17.2 Å². The molecule has 0 fully saturated rings. The van der Waals surface area contributed by atoms with Gasteiger partial charge in [0.1, 0.15) is 5.69 Å². The first-order valence-electron chi connectivity index (χ1n) is 8.14. The number of carbonyl (C=O) groups is 3. The zero-order chi connectivity index (χ0) is 18.8. The molecule has 2 heterocycles. The van der Waals surface area contributed by atoms with Crippen molar-refractivity contribution in [1.82, 2.24) is 9.97 Å². The number of pyridine rings is 1. The van der Waals surface area contributed by atoms with Crippen molar-refractivity contribution in [3.63, 3.8) is 0 Å². The number of ether oxygens (including phenoxy) is 1. The van der Waals surface area contributed by atoms with E-state index in [2.05, 4.69) is 9.97 Å². The number of ketones is 2. The summed E-state index contributed by atoms with van der Waals surface area (Å²) in [5.41, 5.74) is 2.79. The highest BCUT2D eigenvalue weighted by atomic mass is 16.5. The molecule has 1 aromatic carbocycles. The zero-order valence-electron chi connectivity index (χ0n) is 14.8. The maximum Gasteiger partial charge on any atom is 0.357 e. The maximum atomic E-state index is 12.4. The molecule has 0 saturated heterocycles. The minimum Gasteiger partial charge on any atom is -0.452 e. The van der Waals surface area contributed by atoms with Gasteiger partial charge in [0.25, 0.3) is 0 Å². The van der Waals surface area contributed by atoms with Gasteiger partial charge in [0.15, 0.2) is 12.4 Å². The number of Topliss-reactive ketones (excluding diaryl/α,β-unsaturated/α-hetero) is 2. The molecular formula is C20H18N2O4.